The van der Waals surface area contributed by atoms with E-state index in [1.807, 2.05) is 12.2 Å². The molecular formula is C11H18N2O. The molecule has 3 heteroatoms. The minimum Gasteiger partial charge on any atom is -0.351 e. The number of nitrogens with one attached hydrogen (secondary N) is 1. The van der Waals surface area contributed by atoms with Gasteiger partial charge in [0.2, 0.25) is 5.91 Å². The minimum absolute atomic E-state index is 0.137. The quantitative estimate of drug-likeness (QED) is 0.461. The van der Waals surface area contributed by atoms with Crippen LogP contribution < -0.4 is 5.32 Å². The van der Waals surface area contributed by atoms with Crippen molar-refractivity contribution >= 4 is 5.91 Å². The van der Waals surface area contributed by atoms with Crippen LogP contribution in [0.15, 0.2) is 38.0 Å². The summed E-state index contributed by atoms with van der Waals surface area (Å²) < 4.78 is 0. The van der Waals surface area contributed by atoms with Crippen molar-refractivity contribution in [2.75, 3.05) is 26.2 Å². The van der Waals surface area contributed by atoms with E-state index < -0.39 is 0 Å². The highest BCUT2D eigenvalue weighted by atomic mass is 16.1. The Labute approximate surface area is 85.8 Å². The first-order valence-corrected chi connectivity index (χ1v) is 4.59. The van der Waals surface area contributed by atoms with Crippen LogP contribution in [-0.2, 0) is 4.79 Å². The van der Waals surface area contributed by atoms with Gasteiger partial charge in [-0.2, -0.15) is 0 Å². The van der Waals surface area contributed by atoms with Crippen LogP contribution in [0.1, 0.15) is 0 Å². The molecule has 0 spiro atoms. The van der Waals surface area contributed by atoms with Crippen LogP contribution in [-0.4, -0.2) is 37.0 Å². The molecule has 1 amide bonds. The van der Waals surface area contributed by atoms with Crippen molar-refractivity contribution in [2.24, 2.45) is 0 Å². The Hall–Kier alpha value is -1.35. The van der Waals surface area contributed by atoms with Gasteiger partial charge in [-0.25, -0.2) is 0 Å². The fourth-order valence-corrected chi connectivity index (χ4v) is 1.03. The Kier molecular flexibility index (Phi) is 7.46. The lowest BCUT2D eigenvalue weighted by atomic mass is 10.4. The van der Waals surface area contributed by atoms with E-state index in [0.717, 1.165) is 19.6 Å². The van der Waals surface area contributed by atoms with Crippen LogP contribution in [0.5, 0.6) is 0 Å². The Morgan fingerprint density at radius 1 is 1.21 bits per heavy atom. The molecular weight excluding hydrogens is 176 g/mol. The highest BCUT2D eigenvalue weighted by Gasteiger charge is 2.00. The molecule has 0 bridgehead atoms. The second-order valence-electron chi connectivity index (χ2n) is 2.83. The molecule has 0 unspecified atom stereocenters. The predicted octanol–water partition coefficient (Wildman–Crippen LogP) is 0.963. The Bertz CT molecular complexity index is 201. The van der Waals surface area contributed by atoms with E-state index >= 15 is 0 Å². The summed E-state index contributed by atoms with van der Waals surface area (Å²) in [4.78, 5) is 12.9. The Morgan fingerprint density at radius 2 is 1.79 bits per heavy atom. The lowest BCUT2D eigenvalue weighted by molar-refractivity contribution is -0.116. The maximum atomic E-state index is 10.8. The Balaban J connectivity index is 3.69. The summed E-state index contributed by atoms with van der Waals surface area (Å²) in [6, 6.07) is 0. The van der Waals surface area contributed by atoms with Gasteiger partial charge >= 0.3 is 0 Å². The molecule has 0 fully saturated rings. The lowest BCUT2D eigenvalue weighted by Gasteiger charge is -2.18. The first-order chi connectivity index (χ1) is 6.74. The van der Waals surface area contributed by atoms with E-state index in [-0.39, 0.29) is 5.91 Å². The summed E-state index contributed by atoms with van der Waals surface area (Å²) in [5, 5.41) is 2.71. The summed E-state index contributed by atoms with van der Waals surface area (Å²) >= 11 is 0. The van der Waals surface area contributed by atoms with Gasteiger partial charge in [-0.1, -0.05) is 18.7 Å². The number of nitrogens with zero attached hydrogens (tertiary/aromatic N) is 1. The minimum atomic E-state index is -0.137. The zero-order chi connectivity index (χ0) is 10.8. The molecule has 0 aromatic carbocycles. The first kappa shape index (κ1) is 12.7. The second kappa shape index (κ2) is 8.26. The molecule has 0 aliphatic rings. The van der Waals surface area contributed by atoms with E-state index in [4.69, 9.17) is 0 Å². The van der Waals surface area contributed by atoms with Crippen molar-refractivity contribution in [2.45, 2.75) is 0 Å². The predicted molar refractivity (Wildman–Crippen MR) is 60.0 cm³/mol. The van der Waals surface area contributed by atoms with Gasteiger partial charge in [-0.3, -0.25) is 9.69 Å². The highest BCUT2D eigenvalue weighted by Crippen LogP contribution is 1.87. The third-order valence-electron chi connectivity index (χ3n) is 1.69. The molecule has 0 aromatic rings. The molecule has 0 aliphatic carbocycles. The van der Waals surface area contributed by atoms with Crippen LogP contribution in [0.4, 0.5) is 0 Å². The van der Waals surface area contributed by atoms with Gasteiger partial charge in [0.05, 0.1) is 0 Å². The van der Waals surface area contributed by atoms with E-state index in [2.05, 4.69) is 30.0 Å². The monoisotopic (exact) mass is 194 g/mol. The van der Waals surface area contributed by atoms with Crippen molar-refractivity contribution in [1.82, 2.24) is 10.2 Å². The van der Waals surface area contributed by atoms with Crippen molar-refractivity contribution < 1.29 is 4.79 Å². The molecule has 0 atom stereocenters. The molecule has 0 aromatic heterocycles. The van der Waals surface area contributed by atoms with Crippen LogP contribution in [0.3, 0.4) is 0 Å². The largest absolute Gasteiger partial charge is 0.351 e. The molecule has 1 N–H and O–H groups in total. The van der Waals surface area contributed by atoms with Gasteiger partial charge in [-0.15, -0.1) is 13.2 Å². The van der Waals surface area contributed by atoms with Crippen molar-refractivity contribution in [3.8, 4) is 0 Å². The maximum Gasteiger partial charge on any atom is 0.243 e. The average molecular weight is 194 g/mol. The van der Waals surface area contributed by atoms with Crippen LogP contribution in [0, 0.1) is 0 Å². The first-order valence-electron chi connectivity index (χ1n) is 4.59. The van der Waals surface area contributed by atoms with E-state index in [1.165, 1.54) is 6.08 Å². The lowest BCUT2D eigenvalue weighted by Crippen LogP contribution is -2.34. The highest BCUT2D eigenvalue weighted by molar-refractivity contribution is 5.86. The molecule has 14 heavy (non-hydrogen) atoms. The number of rotatable bonds is 8. The summed E-state index contributed by atoms with van der Waals surface area (Å²) in [5.41, 5.74) is 0. The van der Waals surface area contributed by atoms with Crippen LogP contribution in [0.2, 0.25) is 0 Å². The number of carbonyl (C=O) groups excluding carboxylic acids is 1. The third-order valence-corrected chi connectivity index (χ3v) is 1.69. The van der Waals surface area contributed by atoms with E-state index in [0.29, 0.717) is 6.54 Å². The molecule has 3 nitrogen and oxygen atoms in total. The number of carbonyl (C=O) groups is 1. The van der Waals surface area contributed by atoms with Gasteiger partial charge in [-0.05, 0) is 6.08 Å². The number of hydrogen-bond acceptors (Lipinski definition) is 2. The Morgan fingerprint density at radius 3 is 2.21 bits per heavy atom. The smallest absolute Gasteiger partial charge is 0.243 e. The average Bonchev–Trinajstić information content (AvgIpc) is 2.18. The molecule has 0 heterocycles. The molecule has 0 saturated heterocycles. The third kappa shape index (κ3) is 6.20. The number of hydrogen-bond donors (Lipinski definition) is 1. The van der Waals surface area contributed by atoms with Crippen LogP contribution in [0.25, 0.3) is 0 Å². The summed E-state index contributed by atoms with van der Waals surface area (Å²) in [6.07, 6.45) is 4.93. The summed E-state index contributed by atoms with van der Waals surface area (Å²) in [7, 11) is 0. The van der Waals surface area contributed by atoms with Crippen molar-refractivity contribution in [1.29, 1.82) is 0 Å². The van der Waals surface area contributed by atoms with Crippen LogP contribution >= 0.6 is 0 Å². The molecule has 0 rings (SSSR count). The van der Waals surface area contributed by atoms with Crippen molar-refractivity contribution in [3.05, 3.63) is 38.0 Å². The summed E-state index contributed by atoms with van der Waals surface area (Å²) in [6.45, 7) is 13.7. The zero-order valence-corrected chi connectivity index (χ0v) is 8.54. The zero-order valence-electron chi connectivity index (χ0n) is 8.54. The number of amides is 1. The van der Waals surface area contributed by atoms with Gasteiger partial charge < -0.3 is 5.32 Å². The standard InChI is InChI=1S/C11H18N2O/c1-4-8-13(9-5-2)10-7-12-11(14)6-3/h4-6H,1-3,7-10H2,(H,12,14). The molecule has 78 valence electrons. The van der Waals surface area contributed by atoms with Crippen molar-refractivity contribution in [3.63, 3.8) is 0 Å². The van der Waals surface area contributed by atoms with Gasteiger partial charge in [0.25, 0.3) is 0 Å². The second-order valence-corrected chi connectivity index (χ2v) is 2.83. The topological polar surface area (TPSA) is 32.3 Å². The van der Waals surface area contributed by atoms with Gasteiger partial charge in [0.15, 0.2) is 0 Å². The molecule has 0 saturated carbocycles. The SMILES string of the molecule is C=CCN(CC=C)CCNC(=O)C=C. The van der Waals surface area contributed by atoms with E-state index in [9.17, 15) is 4.79 Å². The maximum absolute atomic E-state index is 10.8. The van der Waals surface area contributed by atoms with Gasteiger partial charge in [0, 0.05) is 26.2 Å². The fraction of sp³-hybridized carbons (Fsp3) is 0.364. The normalized spacial score (nSPS) is 9.50. The van der Waals surface area contributed by atoms with E-state index in [1.54, 1.807) is 0 Å². The molecule has 0 radical (unpaired) electrons. The van der Waals surface area contributed by atoms with Gasteiger partial charge in [0.1, 0.15) is 0 Å². The fourth-order valence-electron chi connectivity index (χ4n) is 1.03. The summed E-state index contributed by atoms with van der Waals surface area (Å²) in [5.74, 6) is -0.137. The molecule has 0 aliphatic heterocycles.